The van der Waals surface area contributed by atoms with Crippen molar-refractivity contribution in [1.82, 2.24) is 5.32 Å². The molecule has 1 atom stereocenters. The molecule has 0 aliphatic rings. The summed E-state index contributed by atoms with van der Waals surface area (Å²) in [6.07, 6.45) is 0. The lowest BCUT2D eigenvalue weighted by molar-refractivity contribution is -0.131. The zero-order chi connectivity index (χ0) is 19.4. The van der Waals surface area contributed by atoms with Crippen LogP contribution in [0.2, 0.25) is 0 Å². The Kier molecular flexibility index (Phi) is 5.41. The molecule has 3 aromatic carbocycles. The average molecular weight is 363 g/mol. The highest BCUT2D eigenvalue weighted by atomic mass is 16.5. The Hall–Kier alpha value is -3.34. The van der Waals surface area contributed by atoms with Crippen LogP contribution in [0.25, 0.3) is 10.8 Å². The van der Waals surface area contributed by atoms with Gasteiger partial charge in [-0.25, -0.2) is 0 Å². The number of methoxy groups -OCH3 is 1. The van der Waals surface area contributed by atoms with Crippen molar-refractivity contribution in [2.45, 2.75) is 19.9 Å². The van der Waals surface area contributed by atoms with Gasteiger partial charge in [-0.05, 0) is 34.5 Å². The summed E-state index contributed by atoms with van der Waals surface area (Å²) in [5, 5.41) is 4.89. The normalized spacial score (nSPS) is 11.7. The summed E-state index contributed by atoms with van der Waals surface area (Å²) in [5.74, 6) is 0.551. The van der Waals surface area contributed by atoms with Crippen molar-refractivity contribution in [3.8, 4) is 11.5 Å². The van der Waals surface area contributed by atoms with E-state index in [-0.39, 0.29) is 5.91 Å². The van der Waals surface area contributed by atoms with Crippen molar-refractivity contribution in [1.29, 1.82) is 0 Å². The van der Waals surface area contributed by atoms with E-state index in [9.17, 15) is 9.59 Å². The van der Waals surface area contributed by atoms with Crippen molar-refractivity contribution in [2.24, 2.45) is 0 Å². The number of carbonyl (C=O) groups is 2. The second-order valence-corrected chi connectivity index (χ2v) is 6.20. The fourth-order valence-electron chi connectivity index (χ4n) is 3.14. The van der Waals surface area contributed by atoms with Crippen LogP contribution >= 0.6 is 0 Å². The number of hydrogen-bond acceptors (Lipinski definition) is 4. The number of hydrogen-bond donors (Lipinski definition) is 1. The molecule has 1 N–H and O–H groups in total. The number of rotatable bonds is 5. The molecule has 0 heterocycles. The van der Waals surface area contributed by atoms with Gasteiger partial charge in [-0.2, -0.15) is 0 Å². The van der Waals surface area contributed by atoms with Gasteiger partial charge in [0, 0.05) is 19.4 Å². The van der Waals surface area contributed by atoms with Gasteiger partial charge in [0.1, 0.15) is 11.5 Å². The molecule has 0 bridgehead atoms. The summed E-state index contributed by atoms with van der Waals surface area (Å²) in [7, 11) is 1.60. The van der Waals surface area contributed by atoms with Gasteiger partial charge in [-0.3, -0.25) is 9.59 Å². The Labute approximate surface area is 157 Å². The minimum absolute atomic E-state index is 0.183. The van der Waals surface area contributed by atoms with Crippen molar-refractivity contribution >= 4 is 22.6 Å². The number of carbonyl (C=O) groups excluding carboxylic acids is 2. The SMILES string of the molecule is COc1ccc([C@@H](NC(C)=O)c2c(OC(C)=O)ccc3ccccc23)cc1. The van der Waals surface area contributed by atoms with E-state index in [2.05, 4.69) is 5.32 Å². The number of fused-ring (bicyclic) bond motifs is 1. The van der Waals surface area contributed by atoms with Crippen molar-refractivity contribution in [3.05, 3.63) is 71.8 Å². The minimum Gasteiger partial charge on any atom is -0.497 e. The molecule has 0 spiro atoms. The monoisotopic (exact) mass is 363 g/mol. The second-order valence-electron chi connectivity index (χ2n) is 6.20. The zero-order valence-corrected chi connectivity index (χ0v) is 15.5. The van der Waals surface area contributed by atoms with E-state index >= 15 is 0 Å². The molecule has 0 fully saturated rings. The fourth-order valence-corrected chi connectivity index (χ4v) is 3.14. The lowest BCUT2D eigenvalue weighted by atomic mass is 9.92. The molecular weight excluding hydrogens is 342 g/mol. The third-order valence-electron chi connectivity index (χ3n) is 4.27. The van der Waals surface area contributed by atoms with Crippen LogP contribution in [0.5, 0.6) is 11.5 Å². The number of nitrogens with one attached hydrogen (secondary N) is 1. The molecule has 5 heteroatoms. The number of esters is 1. The summed E-state index contributed by atoms with van der Waals surface area (Å²) in [5.41, 5.74) is 1.60. The van der Waals surface area contributed by atoms with Crippen LogP contribution in [-0.4, -0.2) is 19.0 Å². The molecule has 1 amide bonds. The van der Waals surface area contributed by atoms with Crippen LogP contribution in [0.1, 0.15) is 31.0 Å². The quantitative estimate of drug-likeness (QED) is 0.550. The molecule has 5 nitrogen and oxygen atoms in total. The van der Waals surface area contributed by atoms with E-state index in [0.29, 0.717) is 5.75 Å². The first kappa shape index (κ1) is 18.5. The molecule has 0 aliphatic heterocycles. The Bertz CT molecular complexity index is 979. The van der Waals surface area contributed by atoms with Crippen molar-refractivity contribution < 1.29 is 19.1 Å². The molecular formula is C22H21NO4. The topological polar surface area (TPSA) is 64.6 Å². The van der Waals surface area contributed by atoms with Gasteiger partial charge >= 0.3 is 5.97 Å². The van der Waals surface area contributed by atoms with E-state index in [4.69, 9.17) is 9.47 Å². The minimum atomic E-state index is -0.478. The predicted octanol–water partition coefficient (Wildman–Crippen LogP) is 4.00. The Morgan fingerprint density at radius 2 is 1.63 bits per heavy atom. The molecule has 0 aliphatic carbocycles. The third kappa shape index (κ3) is 4.08. The van der Waals surface area contributed by atoms with Gasteiger partial charge in [-0.1, -0.05) is 42.5 Å². The highest BCUT2D eigenvalue weighted by molar-refractivity contribution is 5.90. The molecule has 0 saturated heterocycles. The molecule has 0 aromatic heterocycles. The molecule has 27 heavy (non-hydrogen) atoms. The standard InChI is InChI=1S/C22H21NO4/c1-14(24)23-22(17-8-11-18(26-3)12-9-17)21-19-7-5-4-6-16(19)10-13-20(21)27-15(2)25/h4-13,22H,1-3H3,(H,23,24)/t22-/m1/s1. The maximum absolute atomic E-state index is 11.9. The molecule has 0 unspecified atom stereocenters. The lowest BCUT2D eigenvalue weighted by Gasteiger charge is -2.23. The molecule has 0 saturated carbocycles. The van der Waals surface area contributed by atoms with Crippen LogP contribution in [0.4, 0.5) is 0 Å². The van der Waals surface area contributed by atoms with E-state index in [0.717, 1.165) is 27.6 Å². The average Bonchev–Trinajstić information content (AvgIpc) is 2.66. The van der Waals surface area contributed by atoms with Gasteiger partial charge in [0.25, 0.3) is 0 Å². The van der Waals surface area contributed by atoms with E-state index in [1.165, 1.54) is 13.8 Å². The van der Waals surface area contributed by atoms with Gasteiger partial charge in [0.05, 0.1) is 13.2 Å². The molecule has 138 valence electrons. The van der Waals surface area contributed by atoms with E-state index < -0.39 is 12.0 Å². The lowest BCUT2D eigenvalue weighted by Crippen LogP contribution is -2.27. The summed E-state index contributed by atoms with van der Waals surface area (Å²) < 4.78 is 10.7. The van der Waals surface area contributed by atoms with Crippen molar-refractivity contribution in [3.63, 3.8) is 0 Å². The predicted molar refractivity (Wildman–Crippen MR) is 104 cm³/mol. The van der Waals surface area contributed by atoms with Crippen LogP contribution in [-0.2, 0) is 9.59 Å². The van der Waals surface area contributed by atoms with Gasteiger partial charge in [0.15, 0.2) is 0 Å². The third-order valence-corrected chi connectivity index (χ3v) is 4.27. The largest absolute Gasteiger partial charge is 0.497 e. The maximum atomic E-state index is 11.9. The van der Waals surface area contributed by atoms with Crippen molar-refractivity contribution in [2.75, 3.05) is 7.11 Å². The summed E-state index contributed by atoms with van der Waals surface area (Å²) >= 11 is 0. The molecule has 3 rings (SSSR count). The van der Waals surface area contributed by atoms with Gasteiger partial charge in [-0.15, -0.1) is 0 Å². The Morgan fingerprint density at radius 3 is 2.26 bits per heavy atom. The second kappa shape index (κ2) is 7.91. The maximum Gasteiger partial charge on any atom is 0.308 e. The van der Waals surface area contributed by atoms with Crippen LogP contribution < -0.4 is 14.8 Å². The number of amides is 1. The highest BCUT2D eigenvalue weighted by Gasteiger charge is 2.23. The molecule has 0 radical (unpaired) electrons. The first-order valence-corrected chi connectivity index (χ1v) is 8.60. The van der Waals surface area contributed by atoms with Crippen LogP contribution in [0.15, 0.2) is 60.7 Å². The van der Waals surface area contributed by atoms with E-state index in [1.54, 1.807) is 13.2 Å². The van der Waals surface area contributed by atoms with Gasteiger partial charge in [0.2, 0.25) is 5.91 Å². The van der Waals surface area contributed by atoms with Gasteiger partial charge < -0.3 is 14.8 Å². The van der Waals surface area contributed by atoms with Crippen LogP contribution in [0.3, 0.4) is 0 Å². The van der Waals surface area contributed by atoms with E-state index in [1.807, 2.05) is 54.6 Å². The Morgan fingerprint density at radius 1 is 0.926 bits per heavy atom. The number of ether oxygens (including phenoxy) is 2. The summed E-state index contributed by atoms with van der Waals surface area (Å²) in [4.78, 5) is 23.6. The summed E-state index contributed by atoms with van der Waals surface area (Å²) in [6, 6.07) is 18.4. The first-order valence-electron chi connectivity index (χ1n) is 8.60. The highest BCUT2D eigenvalue weighted by Crippen LogP contribution is 2.37. The van der Waals surface area contributed by atoms with Crippen LogP contribution in [0, 0.1) is 0 Å². The Balaban J connectivity index is 2.24. The fraction of sp³-hybridized carbons (Fsp3) is 0.182. The smallest absolute Gasteiger partial charge is 0.308 e. The molecule has 3 aromatic rings. The zero-order valence-electron chi connectivity index (χ0n) is 15.5. The first-order chi connectivity index (χ1) is 13.0. The number of benzene rings is 3. The summed E-state index contributed by atoms with van der Waals surface area (Å²) in [6.45, 7) is 2.83.